The molecule has 1 aromatic rings. The largest absolute Gasteiger partial charge is 0.469 e. The number of nitrogens with one attached hydrogen (secondary N) is 1. The van der Waals surface area contributed by atoms with Gasteiger partial charge in [-0.05, 0) is 48.7 Å². The number of carbonyl (C=O) groups excluding carboxylic acids is 1. The van der Waals surface area contributed by atoms with E-state index in [1.807, 2.05) is 24.3 Å². The molecular weight excluding hydrogens is 284 g/mol. The maximum atomic E-state index is 11.2. The number of nitrogens with zero attached hydrogens (tertiary/aromatic N) is 1. The first-order chi connectivity index (χ1) is 10.1. The zero-order valence-electron chi connectivity index (χ0n) is 12.6. The van der Waals surface area contributed by atoms with Crippen LogP contribution >= 0.6 is 12.2 Å². The topological polar surface area (TPSA) is 41.6 Å². The van der Waals surface area contributed by atoms with E-state index >= 15 is 0 Å². The smallest absolute Gasteiger partial charge is 0.309 e. The minimum absolute atomic E-state index is 0.228. The number of thiocarbonyl (C=S) groups is 1. The Morgan fingerprint density at radius 1 is 1.43 bits per heavy atom. The predicted molar refractivity (Wildman–Crippen MR) is 88.4 cm³/mol. The lowest BCUT2D eigenvalue weighted by Gasteiger charge is -2.33. The van der Waals surface area contributed by atoms with Crippen molar-refractivity contribution in [2.24, 2.45) is 5.92 Å². The number of methoxy groups -OCH3 is 1. The van der Waals surface area contributed by atoms with Crippen LogP contribution in [0, 0.1) is 5.92 Å². The van der Waals surface area contributed by atoms with Crippen LogP contribution in [0.4, 0.5) is 5.69 Å². The Hall–Kier alpha value is -1.62. The van der Waals surface area contributed by atoms with Gasteiger partial charge in [0.25, 0.3) is 0 Å². The molecule has 0 spiro atoms. The maximum absolute atomic E-state index is 11.2. The summed E-state index contributed by atoms with van der Waals surface area (Å²) in [5.74, 6) is 0.467. The molecule has 114 valence electrons. The van der Waals surface area contributed by atoms with Crippen molar-refractivity contribution in [2.45, 2.75) is 26.2 Å². The highest BCUT2D eigenvalue weighted by Crippen LogP contribution is 2.17. The third-order valence-electron chi connectivity index (χ3n) is 3.73. The van der Waals surface area contributed by atoms with Gasteiger partial charge in [-0.3, -0.25) is 4.79 Å². The molecule has 1 aliphatic heterocycles. The fourth-order valence-corrected chi connectivity index (χ4v) is 2.80. The Kier molecular flexibility index (Phi) is 5.56. The fourth-order valence-electron chi connectivity index (χ4n) is 2.52. The Morgan fingerprint density at radius 2 is 2.14 bits per heavy atom. The fraction of sp³-hybridized carbons (Fsp3) is 0.500. The quantitative estimate of drug-likeness (QED) is 0.687. The van der Waals surface area contributed by atoms with Crippen molar-refractivity contribution in [3.63, 3.8) is 0 Å². The number of rotatable bonds is 3. The molecule has 0 aliphatic carbocycles. The minimum Gasteiger partial charge on any atom is -0.469 e. The minimum atomic E-state index is -0.228. The molecule has 1 atom stereocenters. The highest BCUT2D eigenvalue weighted by Gasteiger charge is 2.18. The van der Waals surface area contributed by atoms with Gasteiger partial charge >= 0.3 is 5.97 Å². The zero-order chi connectivity index (χ0) is 15.2. The Balaban J connectivity index is 1.90. The van der Waals surface area contributed by atoms with Gasteiger partial charge in [0.1, 0.15) is 0 Å². The van der Waals surface area contributed by atoms with Crippen LogP contribution in [-0.4, -0.2) is 36.2 Å². The van der Waals surface area contributed by atoms with Gasteiger partial charge in [-0.1, -0.05) is 19.1 Å². The number of piperidine rings is 1. The van der Waals surface area contributed by atoms with Crippen LogP contribution < -0.4 is 5.32 Å². The van der Waals surface area contributed by atoms with E-state index in [0.717, 1.165) is 29.5 Å². The summed E-state index contributed by atoms with van der Waals surface area (Å²) >= 11 is 5.47. The zero-order valence-corrected chi connectivity index (χ0v) is 13.4. The summed E-state index contributed by atoms with van der Waals surface area (Å²) in [4.78, 5) is 13.4. The van der Waals surface area contributed by atoms with Crippen LogP contribution in [0.3, 0.4) is 0 Å². The van der Waals surface area contributed by atoms with Crippen LogP contribution in [0.2, 0.25) is 0 Å². The van der Waals surface area contributed by atoms with Crippen LogP contribution in [0.5, 0.6) is 0 Å². The van der Waals surface area contributed by atoms with Gasteiger partial charge in [-0.2, -0.15) is 0 Å². The van der Waals surface area contributed by atoms with Gasteiger partial charge in [0, 0.05) is 18.8 Å². The van der Waals surface area contributed by atoms with E-state index in [-0.39, 0.29) is 5.97 Å². The lowest BCUT2D eigenvalue weighted by molar-refractivity contribution is -0.139. The Labute approximate surface area is 131 Å². The van der Waals surface area contributed by atoms with Gasteiger partial charge in [-0.25, -0.2) is 0 Å². The van der Waals surface area contributed by atoms with E-state index in [0.29, 0.717) is 12.3 Å². The summed E-state index contributed by atoms with van der Waals surface area (Å²) in [5.41, 5.74) is 1.89. The number of hydrogen-bond acceptors (Lipinski definition) is 3. The van der Waals surface area contributed by atoms with Gasteiger partial charge < -0.3 is 15.0 Å². The molecule has 0 radical (unpaired) electrons. The second-order valence-corrected chi connectivity index (χ2v) is 5.96. The molecule has 1 aliphatic rings. The summed E-state index contributed by atoms with van der Waals surface area (Å²) in [6.07, 6.45) is 2.77. The van der Waals surface area contributed by atoms with Gasteiger partial charge in [0.2, 0.25) is 0 Å². The number of carbonyl (C=O) groups is 1. The van der Waals surface area contributed by atoms with E-state index in [9.17, 15) is 4.79 Å². The number of esters is 1. The first-order valence-corrected chi connectivity index (χ1v) is 7.71. The van der Waals surface area contributed by atoms with Crippen molar-refractivity contribution in [3.05, 3.63) is 29.8 Å². The number of anilines is 1. The molecule has 0 bridgehead atoms. The molecule has 0 amide bonds. The van der Waals surface area contributed by atoms with Crippen molar-refractivity contribution >= 4 is 29.0 Å². The molecule has 1 heterocycles. The number of ether oxygens (including phenoxy) is 1. The van der Waals surface area contributed by atoms with Crippen molar-refractivity contribution in [3.8, 4) is 0 Å². The lowest BCUT2D eigenvalue weighted by Crippen LogP contribution is -2.41. The van der Waals surface area contributed by atoms with Crippen molar-refractivity contribution in [1.29, 1.82) is 0 Å². The lowest BCUT2D eigenvalue weighted by atomic mass is 10.0. The van der Waals surface area contributed by atoms with Crippen LogP contribution in [-0.2, 0) is 16.0 Å². The summed E-state index contributed by atoms with van der Waals surface area (Å²) < 4.78 is 4.66. The molecular formula is C16H22N2O2S. The molecule has 4 nitrogen and oxygen atoms in total. The molecule has 1 saturated heterocycles. The van der Waals surface area contributed by atoms with E-state index in [4.69, 9.17) is 12.2 Å². The average molecular weight is 306 g/mol. The molecule has 21 heavy (non-hydrogen) atoms. The molecule has 5 heteroatoms. The standard InChI is InChI=1S/C16H22N2O2S/c1-12-4-3-9-18(11-12)16(21)17-14-7-5-13(6-8-14)10-15(19)20-2/h5-8,12H,3-4,9-11H2,1-2H3,(H,17,21)/t12-/m1/s1. The van der Waals surface area contributed by atoms with Gasteiger partial charge in [0.05, 0.1) is 13.5 Å². The van der Waals surface area contributed by atoms with Crippen LogP contribution in [0.1, 0.15) is 25.3 Å². The summed E-state index contributed by atoms with van der Waals surface area (Å²) in [6.45, 7) is 4.30. The van der Waals surface area contributed by atoms with Crippen LogP contribution in [0.15, 0.2) is 24.3 Å². The van der Waals surface area contributed by atoms with Gasteiger partial charge in [-0.15, -0.1) is 0 Å². The second-order valence-electron chi connectivity index (χ2n) is 5.57. The Morgan fingerprint density at radius 3 is 2.76 bits per heavy atom. The second kappa shape index (κ2) is 7.41. The molecule has 1 fully saturated rings. The SMILES string of the molecule is COC(=O)Cc1ccc(NC(=S)N2CCC[C@@H](C)C2)cc1. The highest BCUT2D eigenvalue weighted by atomic mass is 32.1. The van der Waals surface area contributed by atoms with Gasteiger partial charge in [0.15, 0.2) is 5.11 Å². The van der Waals surface area contributed by atoms with E-state index < -0.39 is 0 Å². The van der Waals surface area contributed by atoms with Crippen molar-refractivity contribution in [1.82, 2.24) is 4.90 Å². The van der Waals surface area contributed by atoms with E-state index in [1.54, 1.807) is 0 Å². The summed E-state index contributed by atoms with van der Waals surface area (Å²) in [6, 6.07) is 7.72. The first-order valence-electron chi connectivity index (χ1n) is 7.30. The normalized spacial score (nSPS) is 18.2. The third-order valence-corrected chi connectivity index (χ3v) is 4.09. The van der Waals surface area contributed by atoms with E-state index in [2.05, 4.69) is 21.9 Å². The third kappa shape index (κ3) is 4.70. The predicted octanol–water partition coefficient (Wildman–Crippen LogP) is 2.83. The Bertz CT molecular complexity index is 502. The molecule has 2 rings (SSSR count). The molecule has 0 aromatic heterocycles. The maximum Gasteiger partial charge on any atom is 0.309 e. The average Bonchev–Trinajstić information content (AvgIpc) is 2.49. The first kappa shape index (κ1) is 15.8. The number of benzene rings is 1. The summed E-state index contributed by atoms with van der Waals surface area (Å²) in [5, 5.41) is 4.05. The van der Waals surface area contributed by atoms with Crippen LogP contribution in [0.25, 0.3) is 0 Å². The molecule has 0 unspecified atom stereocenters. The number of hydrogen-bond donors (Lipinski definition) is 1. The molecule has 0 saturated carbocycles. The van der Waals surface area contributed by atoms with Crippen molar-refractivity contribution in [2.75, 3.05) is 25.5 Å². The highest BCUT2D eigenvalue weighted by molar-refractivity contribution is 7.80. The molecule has 1 aromatic carbocycles. The number of likely N-dealkylation sites (tertiary alicyclic amines) is 1. The van der Waals surface area contributed by atoms with Crippen molar-refractivity contribution < 1.29 is 9.53 Å². The monoisotopic (exact) mass is 306 g/mol. The summed E-state index contributed by atoms with van der Waals surface area (Å²) in [7, 11) is 1.40. The molecule has 1 N–H and O–H groups in total. The van der Waals surface area contributed by atoms with E-state index in [1.165, 1.54) is 20.0 Å².